The SMILES string of the molecule is NCC(=O)c1cccc(=O)[nH]1. The van der Waals surface area contributed by atoms with E-state index < -0.39 is 0 Å². The molecule has 0 atom stereocenters. The molecule has 0 aliphatic rings. The van der Waals surface area contributed by atoms with Crippen molar-refractivity contribution >= 4 is 5.78 Å². The third kappa shape index (κ3) is 1.75. The van der Waals surface area contributed by atoms with Crippen molar-refractivity contribution in [1.29, 1.82) is 0 Å². The van der Waals surface area contributed by atoms with E-state index in [4.69, 9.17) is 5.73 Å². The van der Waals surface area contributed by atoms with Crippen molar-refractivity contribution in [3.8, 4) is 0 Å². The predicted octanol–water partition coefficient (Wildman–Crippen LogP) is -0.484. The van der Waals surface area contributed by atoms with Gasteiger partial charge in [-0.1, -0.05) is 6.07 Å². The van der Waals surface area contributed by atoms with E-state index >= 15 is 0 Å². The number of hydrogen-bond donors (Lipinski definition) is 2. The topological polar surface area (TPSA) is 76.0 Å². The van der Waals surface area contributed by atoms with Crippen molar-refractivity contribution in [2.75, 3.05) is 6.54 Å². The summed E-state index contributed by atoms with van der Waals surface area (Å²) in [6.45, 7) is -0.0834. The Morgan fingerprint density at radius 3 is 2.82 bits per heavy atom. The van der Waals surface area contributed by atoms with Crippen LogP contribution < -0.4 is 11.3 Å². The molecule has 1 aromatic rings. The number of rotatable bonds is 2. The van der Waals surface area contributed by atoms with Gasteiger partial charge in [-0.2, -0.15) is 0 Å². The minimum atomic E-state index is -0.288. The van der Waals surface area contributed by atoms with Gasteiger partial charge in [0.25, 0.3) is 0 Å². The Morgan fingerprint density at radius 1 is 1.55 bits per heavy atom. The molecule has 0 aliphatic heterocycles. The number of nitrogens with two attached hydrogens (primary N) is 1. The monoisotopic (exact) mass is 152 g/mol. The first-order valence-corrected chi connectivity index (χ1v) is 3.16. The molecule has 3 N–H and O–H groups in total. The second-order valence-corrected chi connectivity index (χ2v) is 2.06. The molecule has 0 saturated carbocycles. The lowest BCUT2D eigenvalue weighted by molar-refractivity contribution is 0.0996. The van der Waals surface area contributed by atoms with Gasteiger partial charge >= 0.3 is 0 Å². The molecule has 1 rings (SSSR count). The lowest BCUT2D eigenvalue weighted by atomic mass is 10.2. The molecule has 11 heavy (non-hydrogen) atoms. The highest BCUT2D eigenvalue weighted by Crippen LogP contribution is 1.89. The van der Waals surface area contributed by atoms with Gasteiger partial charge in [-0.15, -0.1) is 0 Å². The maximum Gasteiger partial charge on any atom is 0.248 e. The number of hydrogen-bond acceptors (Lipinski definition) is 3. The van der Waals surface area contributed by atoms with E-state index in [2.05, 4.69) is 4.98 Å². The molecule has 0 unspecified atom stereocenters. The van der Waals surface area contributed by atoms with Gasteiger partial charge < -0.3 is 10.7 Å². The smallest absolute Gasteiger partial charge is 0.248 e. The maximum absolute atomic E-state index is 10.9. The third-order valence-electron chi connectivity index (χ3n) is 1.25. The van der Waals surface area contributed by atoms with E-state index in [9.17, 15) is 9.59 Å². The van der Waals surface area contributed by atoms with E-state index in [1.54, 1.807) is 0 Å². The largest absolute Gasteiger partial charge is 0.324 e. The highest BCUT2D eigenvalue weighted by Gasteiger charge is 2.01. The van der Waals surface area contributed by atoms with E-state index in [0.717, 1.165) is 0 Å². The number of aromatic nitrogens is 1. The number of carbonyl (C=O) groups is 1. The molecular formula is C7H8N2O2. The van der Waals surface area contributed by atoms with Crippen LogP contribution in [-0.4, -0.2) is 17.3 Å². The Morgan fingerprint density at radius 2 is 2.27 bits per heavy atom. The van der Waals surface area contributed by atoms with Gasteiger partial charge in [-0.3, -0.25) is 9.59 Å². The van der Waals surface area contributed by atoms with Crippen molar-refractivity contribution in [3.05, 3.63) is 34.2 Å². The standard InChI is InChI=1S/C7H8N2O2/c8-4-6(10)5-2-1-3-7(11)9-5/h1-3H,4,8H2,(H,9,11). The molecule has 0 aromatic carbocycles. The number of ketones is 1. The molecule has 0 fully saturated rings. The summed E-state index contributed by atoms with van der Waals surface area (Å²) in [5.41, 5.74) is 5.06. The van der Waals surface area contributed by atoms with Gasteiger partial charge in [0.2, 0.25) is 5.56 Å². The lowest BCUT2D eigenvalue weighted by Gasteiger charge is -1.94. The molecule has 0 bridgehead atoms. The Kier molecular flexibility index (Phi) is 2.18. The molecule has 0 radical (unpaired) electrons. The first kappa shape index (κ1) is 7.68. The van der Waals surface area contributed by atoms with Gasteiger partial charge in [0.15, 0.2) is 5.78 Å². The quantitative estimate of drug-likeness (QED) is 0.562. The number of aromatic amines is 1. The average molecular weight is 152 g/mol. The number of carbonyl (C=O) groups excluding carboxylic acids is 1. The number of H-pyrrole nitrogens is 1. The van der Waals surface area contributed by atoms with Crippen molar-refractivity contribution in [1.82, 2.24) is 4.98 Å². The van der Waals surface area contributed by atoms with Crippen LogP contribution in [0.2, 0.25) is 0 Å². The Labute approximate surface area is 63.0 Å². The minimum absolute atomic E-state index is 0.0834. The van der Waals surface area contributed by atoms with E-state index in [1.165, 1.54) is 18.2 Å². The highest BCUT2D eigenvalue weighted by molar-refractivity contribution is 5.95. The first-order chi connectivity index (χ1) is 5.24. The zero-order chi connectivity index (χ0) is 8.27. The molecule has 0 saturated heterocycles. The molecule has 0 amide bonds. The maximum atomic E-state index is 10.9. The van der Waals surface area contributed by atoms with E-state index in [1.807, 2.05) is 0 Å². The third-order valence-corrected chi connectivity index (χ3v) is 1.25. The Balaban J connectivity index is 3.05. The van der Waals surface area contributed by atoms with Gasteiger partial charge in [-0.25, -0.2) is 0 Å². The second kappa shape index (κ2) is 3.12. The molecule has 1 aromatic heterocycles. The number of pyridine rings is 1. The van der Waals surface area contributed by atoms with Crippen LogP contribution in [0, 0.1) is 0 Å². The van der Waals surface area contributed by atoms with Crippen LogP contribution in [0.4, 0.5) is 0 Å². The summed E-state index contributed by atoms with van der Waals surface area (Å²) in [4.78, 5) is 23.9. The summed E-state index contributed by atoms with van der Waals surface area (Å²) in [7, 11) is 0. The zero-order valence-corrected chi connectivity index (χ0v) is 5.83. The summed E-state index contributed by atoms with van der Waals surface area (Å²) >= 11 is 0. The molecule has 4 nitrogen and oxygen atoms in total. The van der Waals surface area contributed by atoms with Crippen LogP contribution >= 0.6 is 0 Å². The van der Waals surface area contributed by atoms with Crippen molar-refractivity contribution in [2.45, 2.75) is 0 Å². The van der Waals surface area contributed by atoms with Gasteiger partial charge in [-0.05, 0) is 6.07 Å². The Hall–Kier alpha value is -1.42. The van der Waals surface area contributed by atoms with Gasteiger partial charge in [0.1, 0.15) is 0 Å². The summed E-state index contributed by atoms with van der Waals surface area (Å²) in [6, 6.07) is 4.38. The fourth-order valence-electron chi connectivity index (χ4n) is 0.720. The first-order valence-electron chi connectivity index (χ1n) is 3.16. The highest BCUT2D eigenvalue weighted by atomic mass is 16.1. The van der Waals surface area contributed by atoms with Gasteiger partial charge in [0.05, 0.1) is 12.2 Å². The van der Waals surface area contributed by atoms with Crippen LogP contribution in [0.25, 0.3) is 0 Å². The normalized spacial score (nSPS) is 9.55. The minimum Gasteiger partial charge on any atom is -0.324 e. The lowest BCUT2D eigenvalue weighted by Crippen LogP contribution is -2.18. The van der Waals surface area contributed by atoms with E-state index in [-0.39, 0.29) is 23.6 Å². The van der Waals surface area contributed by atoms with Crippen LogP contribution in [-0.2, 0) is 0 Å². The number of Topliss-reactive ketones (excluding diaryl/α,β-unsaturated/α-hetero) is 1. The fraction of sp³-hybridized carbons (Fsp3) is 0.143. The van der Waals surface area contributed by atoms with Crippen molar-refractivity contribution in [3.63, 3.8) is 0 Å². The van der Waals surface area contributed by atoms with Crippen LogP contribution in [0.1, 0.15) is 10.5 Å². The molecule has 0 spiro atoms. The molecule has 58 valence electrons. The van der Waals surface area contributed by atoms with Crippen LogP contribution in [0.15, 0.2) is 23.0 Å². The van der Waals surface area contributed by atoms with Gasteiger partial charge in [0, 0.05) is 6.07 Å². The molecular weight excluding hydrogens is 144 g/mol. The zero-order valence-electron chi connectivity index (χ0n) is 5.83. The second-order valence-electron chi connectivity index (χ2n) is 2.06. The summed E-state index contributed by atoms with van der Waals surface area (Å²) in [5, 5.41) is 0. The summed E-state index contributed by atoms with van der Waals surface area (Å²) < 4.78 is 0. The van der Waals surface area contributed by atoms with Crippen molar-refractivity contribution < 1.29 is 4.79 Å². The summed E-state index contributed by atoms with van der Waals surface area (Å²) in [5.74, 6) is -0.261. The summed E-state index contributed by atoms with van der Waals surface area (Å²) in [6.07, 6.45) is 0. The van der Waals surface area contributed by atoms with Crippen LogP contribution in [0.3, 0.4) is 0 Å². The van der Waals surface area contributed by atoms with E-state index in [0.29, 0.717) is 0 Å². The molecule has 4 heteroatoms. The Bertz CT molecular complexity index is 316. The number of nitrogens with one attached hydrogen (secondary N) is 1. The molecule has 1 heterocycles. The average Bonchev–Trinajstić information content (AvgIpc) is 2.03. The van der Waals surface area contributed by atoms with Crippen LogP contribution in [0.5, 0.6) is 0 Å². The van der Waals surface area contributed by atoms with Crippen molar-refractivity contribution in [2.24, 2.45) is 5.73 Å². The fourth-order valence-corrected chi connectivity index (χ4v) is 0.720. The molecule has 0 aliphatic carbocycles. The predicted molar refractivity (Wildman–Crippen MR) is 40.4 cm³/mol.